The minimum Gasteiger partial charge on any atom is -0.464 e. The molecule has 1 atom stereocenters. The molecule has 0 radical (unpaired) electrons. The van der Waals surface area contributed by atoms with Gasteiger partial charge >= 0.3 is 11.9 Å². The summed E-state index contributed by atoms with van der Waals surface area (Å²) in [7, 11) is 0. The Morgan fingerprint density at radius 3 is 2.06 bits per heavy atom. The van der Waals surface area contributed by atoms with Crippen molar-refractivity contribution in [2.24, 2.45) is 5.92 Å². The average molecular weight is 259 g/mol. The molecule has 0 heterocycles. The number of nitrogens with zero attached hydrogens (tertiary/aromatic N) is 1. The first-order valence-corrected chi connectivity index (χ1v) is 5.94. The van der Waals surface area contributed by atoms with Crippen LogP contribution < -0.4 is 0 Å². The molecule has 0 aromatic rings. The first kappa shape index (κ1) is 16.4. The van der Waals surface area contributed by atoms with Gasteiger partial charge in [0.05, 0.1) is 6.61 Å². The lowest BCUT2D eigenvalue weighted by Crippen LogP contribution is -2.46. The molecule has 0 aromatic carbocycles. The van der Waals surface area contributed by atoms with Crippen molar-refractivity contribution < 1.29 is 24.0 Å². The van der Waals surface area contributed by atoms with Gasteiger partial charge < -0.3 is 9.57 Å². The monoisotopic (exact) mass is 259 g/mol. The van der Waals surface area contributed by atoms with E-state index in [2.05, 4.69) is 0 Å². The van der Waals surface area contributed by atoms with E-state index in [1.807, 2.05) is 13.8 Å². The van der Waals surface area contributed by atoms with Crippen LogP contribution >= 0.6 is 0 Å². The summed E-state index contributed by atoms with van der Waals surface area (Å²) in [6.45, 7) is 8.09. The van der Waals surface area contributed by atoms with Gasteiger partial charge in [-0.2, -0.15) is 5.06 Å². The van der Waals surface area contributed by atoms with E-state index >= 15 is 0 Å². The molecule has 18 heavy (non-hydrogen) atoms. The Morgan fingerprint density at radius 1 is 1.17 bits per heavy atom. The summed E-state index contributed by atoms with van der Waals surface area (Å²) in [6, 6.07) is -0.897. The fourth-order valence-electron chi connectivity index (χ4n) is 1.46. The summed E-state index contributed by atoms with van der Waals surface area (Å²) < 4.78 is 4.89. The summed E-state index contributed by atoms with van der Waals surface area (Å²) in [5.74, 6) is -1.58. The third-order valence-electron chi connectivity index (χ3n) is 2.07. The molecular formula is C12H21NO5. The summed E-state index contributed by atoms with van der Waals surface area (Å²) in [4.78, 5) is 39.0. The number of ether oxygens (including phenoxy) is 1. The molecule has 0 fully saturated rings. The quantitative estimate of drug-likeness (QED) is 0.549. The molecule has 104 valence electrons. The van der Waals surface area contributed by atoms with E-state index in [9.17, 15) is 14.4 Å². The van der Waals surface area contributed by atoms with Crippen LogP contribution in [0.3, 0.4) is 0 Å². The third-order valence-corrected chi connectivity index (χ3v) is 2.07. The lowest BCUT2D eigenvalue weighted by atomic mass is 10.0. The van der Waals surface area contributed by atoms with Crippen LogP contribution in [-0.4, -0.2) is 35.6 Å². The van der Waals surface area contributed by atoms with Crippen LogP contribution in [0.25, 0.3) is 0 Å². The molecule has 0 saturated carbocycles. The van der Waals surface area contributed by atoms with Crippen LogP contribution in [-0.2, 0) is 24.0 Å². The standard InChI is InChI=1S/C12H21NO5/c1-6-17-12(16)11(7-8(2)3)13(9(4)14)18-10(5)15/h8,11H,6-7H2,1-5H3/t11-/m0/s1. The van der Waals surface area contributed by atoms with Gasteiger partial charge in [0, 0.05) is 13.8 Å². The molecule has 0 bridgehead atoms. The van der Waals surface area contributed by atoms with Crippen LogP contribution in [0.4, 0.5) is 0 Å². The molecule has 0 N–H and O–H groups in total. The van der Waals surface area contributed by atoms with Crippen molar-refractivity contribution in [3.8, 4) is 0 Å². The smallest absolute Gasteiger partial charge is 0.332 e. The van der Waals surface area contributed by atoms with Crippen LogP contribution in [0.2, 0.25) is 0 Å². The molecule has 0 rings (SSSR count). The van der Waals surface area contributed by atoms with Crippen LogP contribution in [0.5, 0.6) is 0 Å². The maximum atomic E-state index is 11.8. The number of rotatable bonds is 5. The van der Waals surface area contributed by atoms with Gasteiger partial charge in [0.1, 0.15) is 0 Å². The highest BCUT2D eigenvalue weighted by molar-refractivity contribution is 5.83. The van der Waals surface area contributed by atoms with Crippen LogP contribution in [0.15, 0.2) is 0 Å². The van der Waals surface area contributed by atoms with E-state index < -0.39 is 23.9 Å². The lowest BCUT2D eigenvalue weighted by Gasteiger charge is -2.27. The molecule has 0 unspecified atom stereocenters. The van der Waals surface area contributed by atoms with Crippen molar-refractivity contribution in [2.75, 3.05) is 6.61 Å². The van der Waals surface area contributed by atoms with Crippen molar-refractivity contribution in [3.63, 3.8) is 0 Å². The predicted octanol–water partition coefficient (Wildman–Crippen LogP) is 1.29. The van der Waals surface area contributed by atoms with Crippen molar-refractivity contribution in [3.05, 3.63) is 0 Å². The Labute approximate surface area is 107 Å². The Balaban J connectivity index is 5.02. The Bertz CT molecular complexity index is 314. The first-order valence-electron chi connectivity index (χ1n) is 5.94. The van der Waals surface area contributed by atoms with Crippen molar-refractivity contribution in [2.45, 2.75) is 47.1 Å². The highest BCUT2D eigenvalue weighted by atomic mass is 16.7. The molecule has 6 heteroatoms. The Hall–Kier alpha value is -1.59. The van der Waals surface area contributed by atoms with E-state index in [0.717, 1.165) is 5.06 Å². The Kier molecular flexibility index (Phi) is 7.00. The maximum Gasteiger partial charge on any atom is 0.332 e. The fraction of sp³-hybridized carbons (Fsp3) is 0.750. The molecule has 0 aliphatic carbocycles. The minimum atomic E-state index is -0.897. The molecule has 0 aromatic heterocycles. The number of amides is 1. The second kappa shape index (κ2) is 7.68. The van der Waals surface area contributed by atoms with E-state index in [0.29, 0.717) is 6.42 Å². The zero-order chi connectivity index (χ0) is 14.3. The van der Waals surface area contributed by atoms with E-state index in [1.165, 1.54) is 13.8 Å². The zero-order valence-electron chi connectivity index (χ0n) is 11.6. The highest BCUT2D eigenvalue weighted by Crippen LogP contribution is 2.14. The van der Waals surface area contributed by atoms with Gasteiger partial charge in [0.15, 0.2) is 6.04 Å². The van der Waals surface area contributed by atoms with E-state index in [-0.39, 0.29) is 12.5 Å². The number of carbonyl (C=O) groups is 3. The number of hydroxylamine groups is 2. The third kappa shape index (κ3) is 5.65. The van der Waals surface area contributed by atoms with Crippen molar-refractivity contribution in [1.29, 1.82) is 0 Å². The largest absolute Gasteiger partial charge is 0.464 e. The van der Waals surface area contributed by atoms with Crippen molar-refractivity contribution >= 4 is 17.8 Å². The molecular weight excluding hydrogens is 238 g/mol. The first-order chi connectivity index (χ1) is 8.29. The highest BCUT2D eigenvalue weighted by Gasteiger charge is 2.32. The SMILES string of the molecule is CCOC(=O)[C@H](CC(C)C)N(OC(C)=O)C(C)=O. The molecule has 0 aliphatic heterocycles. The topological polar surface area (TPSA) is 72.9 Å². The number of hydrogen-bond acceptors (Lipinski definition) is 5. The Morgan fingerprint density at radius 2 is 1.72 bits per heavy atom. The fourth-order valence-corrected chi connectivity index (χ4v) is 1.46. The normalized spacial score (nSPS) is 11.9. The van der Waals surface area contributed by atoms with Crippen LogP contribution in [0.1, 0.15) is 41.0 Å². The molecule has 1 amide bonds. The van der Waals surface area contributed by atoms with Gasteiger partial charge in [0.25, 0.3) is 5.91 Å². The molecule has 0 saturated heterocycles. The zero-order valence-corrected chi connectivity index (χ0v) is 11.6. The van der Waals surface area contributed by atoms with Gasteiger partial charge in [-0.25, -0.2) is 4.79 Å². The summed E-state index contributed by atoms with van der Waals surface area (Å²) >= 11 is 0. The molecule has 0 spiro atoms. The maximum absolute atomic E-state index is 11.8. The summed E-state index contributed by atoms with van der Waals surface area (Å²) in [5, 5.41) is 0.792. The number of esters is 1. The van der Waals surface area contributed by atoms with Crippen molar-refractivity contribution in [1.82, 2.24) is 5.06 Å². The number of carbonyl (C=O) groups excluding carboxylic acids is 3. The molecule has 0 aliphatic rings. The average Bonchev–Trinajstić information content (AvgIpc) is 2.22. The summed E-state index contributed by atoms with van der Waals surface area (Å²) in [5.41, 5.74) is 0. The second-order valence-corrected chi connectivity index (χ2v) is 4.33. The van der Waals surface area contributed by atoms with Gasteiger partial charge in [-0.05, 0) is 19.3 Å². The van der Waals surface area contributed by atoms with E-state index in [4.69, 9.17) is 9.57 Å². The van der Waals surface area contributed by atoms with Gasteiger partial charge in [-0.1, -0.05) is 13.8 Å². The second-order valence-electron chi connectivity index (χ2n) is 4.33. The minimum absolute atomic E-state index is 0.150. The summed E-state index contributed by atoms with van der Waals surface area (Å²) in [6.07, 6.45) is 0.367. The lowest BCUT2D eigenvalue weighted by molar-refractivity contribution is -0.210. The van der Waals surface area contributed by atoms with Gasteiger partial charge in [-0.3, -0.25) is 9.59 Å². The molecule has 6 nitrogen and oxygen atoms in total. The van der Waals surface area contributed by atoms with E-state index in [1.54, 1.807) is 6.92 Å². The predicted molar refractivity (Wildman–Crippen MR) is 64.2 cm³/mol. The van der Waals surface area contributed by atoms with Crippen LogP contribution in [0, 0.1) is 5.92 Å². The van der Waals surface area contributed by atoms with Gasteiger partial charge in [0.2, 0.25) is 0 Å². The van der Waals surface area contributed by atoms with Gasteiger partial charge in [-0.15, -0.1) is 0 Å². The number of hydrogen-bond donors (Lipinski definition) is 0.